The van der Waals surface area contributed by atoms with Crippen LogP contribution in [0.2, 0.25) is 0 Å². The molecule has 0 saturated carbocycles. The first-order chi connectivity index (χ1) is 8.50. The van der Waals surface area contributed by atoms with Crippen LogP contribution in [0.3, 0.4) is 0 Å². The van der Waals surface area contributed by atoms with Crippen molar-refractivity contribution in [3.05, 3.63) is 35.9 Å². The SMILES string of the molecule is CC(C)CC[C@@H](c1ccccc1)N(C)CC(=O)O. The van der Waals surface area contributed by atoms with Gasteiger partial charge in [0.2, 0.25) is 0 Å². The number of rotatable bonds is 7. The Morgan fingerprint density at radius 2 is 1.83 bits per heavy atom. The van der Waals surface area contributed by atoms with Crippen molar-refractivity contribution in [2.75, 3.05) is 13.6 Å². The normalized spacial score (nSPS) is 12.9. The summed E-state index contributed by atoms with van der Waals surface area (Å²) in [6.07, 6.45) is 2.09. The Hall–Kier alpha value is -1.35. The molecule has 1 aromatic carbocycles. The van der Waals surface area contributed by atoms with Crippen LogP contribution in [0.15, 0.2) is 30.3 Å². The molecule has 0 unspecified atom stereocenters. The van der Waals surface area contributed by atoms with Crippen molar-refractivity contribution in [1.82, 2.24) is 4.90 Å². The summed E-state index contributed by atoms with van der Waals surface area (Å²) in [7, 11) is 1.88. The predicted molar refractivity (Wildman–Crippen MR) is 73.5 cm³/mol. The molecule has 3 heteroatoms. The van der Waals surface area contributed by atoms with Crippen LogP contribution in [0.1, 0.15) is 38.3 Å². The predicted octanol–water partition coefficient (Wildman–Crippen LogP) is 3.18. The van der Waals surface area contributed by atoms with Gasteiger partial charge in [0.15, 0.2) is 0 Å². The summed E-state index contributed by atoms with van der Waals surface area (Å²) in [6, 6.07) is 10.3. The fraction of sp³-hybridized carbons (Fsp3) is 0.533. The molecule has 1 N–H and O–H groups in total. The van der Waals surface area contributed by atoms with E-state index in [1.807, 2.05) is 30.1 Å². The Balaban J connectivity index is 2.77. The molecular weight excluding hydrogens is 226 g/mol. The molecule has 0 radical (unpaired) electrons. The Morgan fingerprint density at radius 3 is 2.33 bits per heavy atom. The van der Waals surface area contributed by atoms with Gasteiger partial charge in [-0.3, -0.25) is 9.69 Å². The van der Waals surface area contributed by atoms with E-state index in [1.54, 1.807) is 0 Å². The van der Waals surface area contributed by atoms with Crippen LogP contribution >= 0.6 is 0 Å². The highest BCUT2D eigenvalue weighted by Gasteiger charge is 2.18. The maximum atomic E-state index is 10.8. The van der Waals surface area contributed by atoms with Crippen molar-refractivity contribution < 1.29 is 9.90 Å². The molecule has 0 heterocycles. The maximum absolute atomic E-state index is 10.8. The first-order valence-corrected chi connectivity index (χ1v) is 6.47. The minimum atomic E-state index is -0.775. The van der Waals surface area contributed by atoms with Crippen molar-refractivity contribution in [2.24, 2.45) is 5.92 Å². The molecule has 100 valence electrons. The number of nitrogens with zero attached hydrogens (tertiary/aromatic N) is 1. The number of carbonyl (C=O) groups is 1. The molecule has 0 aromatic heterocycles. The lowest BCUT2D eigenvalue weighted by Gasteiger charge is -2.27. The zero-order chi connectivity index (χ0) is 13.5. The van der Waals surface area contributed by atoms with Gasteiger partial charge in [0.05, 0.1) is 6.54 Å². The molecule has 0 spiro atoms. The summed E-state index contributed by atoms with van der Waals surface area (Å²) in [5.74, 6) is -0.141. The second-order valence-electron chi connectivity index (χ2n) is 5.21. The standard InChI is InChI=1S/C15H23NO2/c1-12(2)9-10-14(16(3)11-15(17)18)13-7-5-4-6-8-13/h4-8,12,14H,9-11H2,1-3H3,(H,17,18)/t14-/m0/s1. The monoisotopic (exact) mass is 249 g/mol. The van der Waals surface area contributed by atoms with Gasteiger partial charge < -0.3 is 5.11 Å². The fourth-order valence-corrected chi connectivity index (χ4v) is 2.13. The Labute approximate surface area is 109 Å². The minimum absolute atomic E-state index is 0.0810. The number of carboxylic acid groups (broad SMARTS) is 1. The molecule has 1 atom stereocenters. The van der Waals surface area contributed by atoms with Crippen LogP contribution in [0.25, 0.3) is 0 Å². The van der Waals surface area contributed by atoms with Gasteiger partial charge >= 0.3 is 5.97 Å². The molecule has 3 nitrogen and oxygen atoms in total. The Morgan fingerprint density at radius 1 is 1.22 bits per heavy atom. The highest BCUT2D eigenvalue weighted by atomic mass is 16.4. The molecule has 1 aromatic rings. The zero-order valence-corrected chi connectivity index (χ0v) is 11.5. The Kier molecular flexibility index (Phi) is 5.86. The molecule has 18 heavy (non-hydrogen) atoms. The van der Waals surface area contributed by atoms with Crippen molar-refractivity contribution in [3.8, 4) is 0 Å². The van der Waals surface area contributed by atoms with Gasteiger partial charge in [0, 0.05) is 6.04 Å². The Bertz CT molecular complexity index is 362. The quantitative estimate of drug-likeness (QED) is 0.807. The van der Waals surface area contributed by atoms with E-state index in [2.05, 4.69) is 26.0 Å². The van der Waals surface area contributed by atoms with Gasteiger partial charge in [-0.25, -0.2) is 0 Å². The lowest BCUT2D eigenvalue weighted by molar-refractivity contribution is -0.138. The third kappa shape index (κ3) is 4.88. The summed E-state index contributed by atoms with van der Waals surface area (Å²) >= 11 is 0. The zero-order valence-electron chi connectivity index (χ0n) is 11.5. The van der Waals surface area contributed by atoms with Gasteiger partial charge in [-0.1, -0.05) is 44.2 Å². The van der Waals surface area contributed by atoms with Crippen LogP contribution in [0, 0.1) is 5.92 Å². The number of aliphatic carboxylic acids is 1. The van der Waals surface area contributed by atoms with Crippen molar-refractivity contribution in [2.45, 2.75) is 32.7 Å². The second-order valence-corrected chi connectivity index (χ2v) is 5.21. The number of benzene rings is 1. The van der Waals surface area contributed by atoms with Gasteiger partial charge in [0.25, 0.3) is 0 Å². The fourth-order valence-electron chi connectivity index (χ4n) is 2.13. The van der Waals surface area contributed by atoms with E-state index in [9.17, 15) is 4.79 Å². The first-order valence-electron chi connectivity index (χ1n) is 6.47. The van der Waals surface area contributed by atoms with Crippen LogP contribution in [0.4, 0.5) is 0 Å². The van der Waals surface area contributed by atoms with E-state index in [-0.39, 0.29) is 12.6 Å². The maximum Gasteiger partial charge on any atom is 0.317 e. The first kappa shape index (κ1) is 14.7. The van der Waals surface area contributed by atoms with Crippen molar-refractivity contribution in [1.29, 1.82) is 0 Å². The van der Waals surface area contributed by atoms with Gasteiger partial charge in [-0.15, -0.1) is 0 Å². The third-order valence-electron chi connectivity index (χ3n) is 3.12. The van der Waals surface area contributed by atoms with E-state index in [0.717, 1.165) is 12.8 Å². The van der Waals surface area contributed by atoms with Crippen molar-refractivity contribution >= 4 is 5.97 Å². The van der Waals surface area contributed by atoms with Gasteiger partial charge in [-0.2, -0.15) is 0 Å². The summed E-state index contributed by atoms with van der Waals surface area (Å²) in [4.78, 5) is 12.8. The molecule has 0 bridgehead atoms. The lowest BCUT2D eigenvalue weighted by Crippen LogP contribution is -2.30. The molecule has 0 aliphatic carbocycles. The third-order valence-corrected chi connectivity index (χ3v) is 3.12. The summed E-state index contributed by atoms with van der Waals surface area (Å²) < 4.78 is 0. The number of likely N-dealkylation sites (N-methyl/N-ethyl adjacent to an activating group) is 1. The van der Waals surface area contributed by atoms with Crippen LogP contribution in [-0.4, -0.2) is 29.6 Å². The largest absolute Gasteiger partial charge is 0.480 e. The smallest absolute Gasteiger partial charge is 0.317 e. The highest BCUT2D eigenvalue weighted by molar-refractivity contribution is 5.69. The van der Waals surface area contributed by atoms with Gasteiger partial charge in [-0.05, 0) is 31.4 Å². The highest BCUT2D eigenvalue weighted by Crippen LogP contribution is 2.25. The van der Waals surface area contributed by atoms with Crippen molar-refractivity contribution in [3.63, 3.8) is 0 Å². The second kappa shape index (κ2) is 7.17. The van der Waals surface area contributed by atoms with Crippen LogP contribution in [-0.2, 0) is 4.79 Å². The molecule has 0 fully saturated rings. The van der Waals surface area contributed by atoms with E-state index in [0.29, 0.717) is 5.92 Å². The summed E-state index contributed by atoms with van der Waals surface area (Å²) in [5.41, 5.74) is 1.20. The molecule has 0 saturated heterocycles. The van der Waals surface area contributed by atoms with Crippen LogP contribution in [0.5, 0.6) is 0 Å². The molecule has 1 rings (SSSR count). The topological polar surface area (TPSA) is 40.5 Å². The van der Waals surface area contributed by atoms with E-state index >= 15 is 0 Å². The number of hydrogen-bond donors (Lipinski definition) is 1. The lowest BCUT2D eigenvalue weighted by atomic mass is 9.96. The average Bonchev–Trinajstić information content (AvgIpc) is 2.29. The summed E-state index contributed by atoms with van der Waals surface area (Å²) in [5, 5.41) is 8.92. The summed E-state index contributed by atoms with van der Waals surface area (Å²) in [6.45, 7) is 4.47. The van der Waals surface area contributed by atoms with E-state index < -0.39 is 5.97 Å². The van der Waals surface area contributed by atoms with Crippen LogP contribution < -0.4 is 0 Å². The molecule has 0 amide bonds. The molecule has 0 aliphatic heterocycles. The minimum Gasteiger partial charge on any atom is -0.480 e. The average molecular weight is 249 g/mol. The molecular formula is C15H23NO2. The van der Waals surface area contributed by atoms with Gasteiger partial charge in [0.1, 0.15) is 0 Å². The molecule has 0 aliphatic rings. The number of carboxylic acids is 1. The number of hydrogen-bond acceptors (Lipinski definition) is 2. The van der Waals surface area contributed by atoms with E-state index in [4.69, 9.17) is 5.11 Å². The van der Waals surface area contributed by atoms with E-state index in [1.165, 1.54) is 5.56 Å².